The molecule has 17 heavy (non-hydrogen) atoms. The zero-order valence-corrected chi connectivity index (χ0v) is 10.8. The molecule has 0 atom stereocenters. The molecule has 0 spiro atoms. The van der Waals surface area contributed by atoms with Gasteiger partial charge in [-0.05, 0) is 25.4 Å². The van der Waals surface area contributed by atoms with Crippen LogP contribution in [0, 0.1) is 5.92 Å². The van der Waals surface area contributed by atoms with Gasteiger partial charge in [0.05, 0.1) is 6.54 Å². The number of nitrogens with one attached hydrogen (secondary N) is 1. The standard InChI is InChI=1S/C12H22N4O/c1-10(2)8-12-14-11(15-17-12)9-16-6-3-4-13-5-7-16/h10,13H,3-9H2,1-2H3. The summed E-state index contributed by atoms with van der Waals surface area (Å²) in [5, 5.41) is 7.43. The predicted molar refractivity (Wildman–Crippen MR) is 65.6 cm³/mol. The van der Waals surface area contributed by atoms with Gasteiger partial charge in [-0.1, -0.05) is 19.0 Å². The largest absolute Gasteiger partial charge is 0.339 e. The molecule has 0 bridgehead atoms. The van der Waals surface area contributed by atoms with Crippen molar-refractivity contribution in [1.29, 1.82) is 0 Å². The first-order valence-corrected chi connectivity index (χ1v) is 6.48. The fourth-order valence-corrected chi connectivity index (χ4v) is 2.05. The van der Waals surface area contributed by atoms with Gasteiger partial charge in [0.2, 0.25) is 5.89 Å². The van der Waals surface area contributed by atoms with Crippen LogP contribution in [0.1, 0.15) is 32.0 Å². The Hall–Kier alpha value is -0.940. The molecule has 1 aliphatic heterocycles. The molecule has 1 saturated heterocycles. The van der Waals surface area contributed by atoms with Crippen LogP contribution in [0.3, 0.4) is 0 Å². The maximum Gasteiger partial charge on any atom is 0.226 e. The van der Waals surface area contributed by atoms with E-state index in [0.29, 0.717) is 5.92 Å². The highest BCUT2D eigenvalue weighted by Crippen LogP contribution is 2.08. The Bertz CT molecular complexity index is 329. The third-order valence-corrected chi connectivity index (χ3v) is 2.89. The smallest absolute Gasteiger partial charge is 0.226 e. The summed E-state index contributed by atoms with van der Waals surface area (Å²) in [7, 11) is 0. The van der Waals surface area contributed by atoms with E-state index >= 15 is 0 Å². The molecule has 1 N–H and O–H groups in total. The molecule has 1 aromatic heterocycles. The maximum atomic E-state index is 5.24. The van der Waals surface area contributed by atoms with Gasteiger partial charge < -0.3 is 9.84 Å². The van der Waals surface area contributed by atoms with Crippen LogP contribution in [0.4, 0.5) is 0 Å². The second-order valence-electron chi connectivity index (χ2n) is 5.08. The van der Waals surface area contributed by atoms with Gasteiger partial charge in [-0.15, -0.1) is 0 Å². The van der Waals surface area contributed by atoms with E-state index in [1.807, 2.05) is 0 Å². The van der Waals surface area contributed by atoms with Crippen molar-refractivity contribution in [3.05, 3.63) is 11.7 Å². The van der Waals surface area contributed by atoms with Crippen molar-refractivity contribution in [1.82, 2.24) is 20.4 Å². The first-order chi connectivity index (χ1) is 8.24. The fraction of sp³-hybridized carbons (Fsp3) is 0.833. The predicted octanol–water partition coefficient (Wildman–Crippen LogP) is 1.06. The number of rotatable bonds is 4. The molecule has 5 nitrogen and oxygen atoms in total. The van der Waals surface area contributed by atoms with Crippen LogP contribution in [0.2, 0.25) is 0 Å². The van der Waals surface area contributed by atoms with Crippen LogP contribution in [0.25, 0.3) is 0 Å². The number of nitrogens with zero attached hydrogens (tertiary/aromatic N) is 3. The highest BCUT2D eigenvalue weighted by atomic mass is 16.5. The highest BCUT2D eigenvalue weighted by Gasteiger charge is 2.13. The first-order valence-electron chi connectivity index (χ1n) is 6.48. The van der Waals surface area contributed by atoms with Gasteiger partial charge in [-0.3, -0.25) is 4.90 Å². The molecular weight excluding hydrogens is 216 g/mol. The summed E-state index contributed by atoms with van der Waals surface area (Å²) in [6, 6.07) is 0. The van der Waals surface area contributed by atoms with E-state index in [1.165, 1.54) is 6.42 Å². The Balaban J connectivity index is 1.86. The number of hydrogen-bond acceptors (Lipinski definition) is 5. The molecule has 0 saturated carbocycles. The lowest BCUT2D eigenvalue weighted by Crippen LogP contribution is -2.28. The van der Waals surface area contributed by atoms with Crippen LogP contribution >= 0.6 is 0 Å². The van der Waals surface area contributed by atoms with E-state index in [4.69, 9.17) is 4.52 Å². The number of hydrogen-bond donors (Lipinski definition) is 1. The number of aromatic nitrogens is 2. The Morgan fingerprint density at radius 1 is 1.35 bits per heavy atom. The average Bonchev–Trinajstić information content (AvgIpc) is 2.54. The Kier molecular flexibility index (Phi) is 4.50. The highest BCUT2D eigenvalue weighted by molar-refractivity contribution is 4.87. The van der Waals surface area contributed by atoms with E-state index in [9.17, 15) is 0 Å². The quantitative estimate of drug-likeness (QED) is 0.850. The second-order valence-corrected chi connectivity index (χ2v) is 5.08. The summed E-state index contributed by atoms with van der Waals surface area (Å²) in [6.45, 7) is 9.46. The molecule has 0 aliphatic carbocycles. The Morgan fingerprint density at radius 3 is 3.06 bits per heavy atom. The van der Waals surface area contributed by atoms with Gasteiger partial charge in [0, 0.05) is 19.5 Å². The zero-order valence-electron chi connectivity index (χ0n) is 10.8. The summed E-state index contributed by atoms with van der Waals surface area (Å²) in [5.41, 5.74) is 0. The van der Waals surface area contributed by atoms with Crippen molar-refractivity contribution >= 4 is 0 Å². The van der Waals surface area contributed by atoms with Gasteiger partial charge in [0.1, 0.15) is 0 Å². The lowest BCUT2D eigenvalue weighted by Gasteiger charge is -2.16. The molecule has 2 rings (SSSR count). The molecule has 0 unspecified atom stereocenters. The van der Waals surface area contributed by atoms with Crippen molar-refractivity contribution in [3.63, 3.8) is 0 Å². The molecular formula is C12H22N4O. The summed E-state index contributed by atoms with van der Waals surface area (Å²) in [4.78, 5) is 6.81. The molecule has 1 fully saturated rings. The van der Waals surface area contributed by atoms with Crippen molar-refractivity contribution in [2.75, 3.05) is 26.2 Å². The summed E-state index contributed by atoms with van der Waals surface area (Å²) in [5.74, 6) is 2.15. The van der Waals surface area contributed by atoms with Gasteiger partial charge in [0.25, 0.3) is 0 Å². The third-order valence-electron chi connectivity index (χ3n) is 2.89. The molecule has 96 valence electrons. The second kappa shape index (κ2) is 6.12. The first kappa shape index (κ1) is 12.5. The van der Waals surface area contributed by atoms with Gasteiger partial charge in [-0.2, -0.15) is 4.98 Å². The summed E-state index contributed by atoms with van der Waals surface area (Å²) < 4.78 is 5.24. The van der Waals surface area contributed by atoms with Crippen molar-refractivity contribution < 1.29 is 4.52 Å². The van der Waals surface area contributed by atoms with E-state index in [2.05, 4.69) is 34.2 Å². The van der Waals surface area contributed by atoms with Gasteiger partial charge >= 0.3 is 0 Å². The molecule has 0 amide bonds. The minimum absolute atomic E-state index is 0.561. The van der Waals surface area contributed by atoms with Crippen LogP contribution in [0.5, 0.6) is 0 Å². The van der Waals surface area contributed by atoms with Gasteiger partial charge in [0.15, 0.2) is 5.82 Å². The van der Waals surface area contributed by atoms with Crippen LogP contribution in [-0.4, -0.2) is 41.2 Å². The molecule has 0 aromatic carbocycles. The molecule has 2 heterocycles. The minimum atomic E-state index is 0.561. The Labute approximate surface area is 103 Å². The van der Waals surface area contributed by atoms with Crippen LogP contribution in [0.15, 0.2) is 4.52 Å². The molecule has 1 aliphatic rings. The topological polar surface area (TPSA) is 54.2 Å². The van der Waals surface area contributed by atoms with E-state index in [0.717, 1.165) is 50.9 Å². The van der Waals surface area contributed by atoms with Crippen molar-refractivity contribution in [2.24, 2.45) is 5.92 Å². The summed E-state index contributed by atoms with van der Waals surface area (Å²) in [6.07, 6.45) is 2.06. The van der Waals surface area contributed by atoms with E-state index in [-0.39, 0.29) is 0 Å². The SMILES string of the molecule is CC(C)Cc1nc(CN2CCCNCC2)no1. The summed E-state index contributed by atoms with van der Waals surface area (Å²) >= 11 is 0. The molecule has 5 heteroatoms. The minimum Gasteiger partial charge on any atom is -0.339 e. The van der Waals surface area contributed by atoms with Gasteiger partial charge in [-0.25, -0.2) is 0 Å². The average molecular weight is 238 g/mol. The molecule has 1 aromatic rings. The lowest BCUT2D eigenvalue weighted by atomic mass is 10.1. The lowest BCUT2D eigenvalue weighted by molar-refractivity contribution is 0.270. The monoisotopic (exact) mass is 238 g/mol. The van der Waals surface area contributed by atoms with Crippen LogP contribution < -0.4 is 5.32 Å². The zero-order chi connectivity index (χ0) is 12.1. The van der Waals surface area contributed by atoms with Crippen LogP contribution in [-0.2, 0) is 13.0 Å². The fourth-order valence-electron chi connectivity index (χ4n) is 2.05. The van der Waals surface area contributed by atoms with E-state index < -0.39 is 0 Å². The normalized spacial score (nSPS) is 18.5. The molecule has 0 radical (unpaired) electrons. The van der Waals surface area contributed by atoms with E-state index in [1.54, 1.807) is 0 Å². The Morgan fingerprint density at radius 2 is 2.24 bits per heavy atom. The maximum absolute atomic E-state index is 5.24. The van der Waals surface area contributed by atoms with Crippen molar-refractivity contribution in [2.45, 2.75) is 33.2 Å². The van der Waals surface area contributed by atoms with Crippen molar-refractivity contribution in [3.8, 4) is 0 Å². The third kappa shape index (κ3) is 4.09.